The highest BCUT2D eigenvalue weighted by atomic mass is 16.3. The van der Waals surface area contributed by atoms with Gasteiger partial charge in [0.1, 0.15) is 0 Å². The lowest BCUT2D eigenvalue weighted by atomic mass is 9.95. The molecule has 22 heavy (non-hydrogen) atoms. The maximum absolute atomic E-state index is 12.8. The second kappa shape index (κ2) is 6.53. The number of carbonyl (C=O) groups excluding carboxylic acids is 1. The van der Waals surface area contributed by atoms with E-state index >= 15 is 0 Å². The number of hydrogen-bond acceptors (Lipinski definition) is 2. The minimum absolute atomic E-state index is 0.00292. The topological polar surface area (TPSA) is 56.3 Å². The Morgan fingerprint density at radius 2 is 2.09 bits per heavy atom. The van der Waals surface area contributed by atoms with Crippen molar-refractivity contribution in [2.45, 2.75) is 39.0 Å². The Hall–Kier alpha value is -1.81. The van der Waals surface area contributed by atoms with Crippen LogP contribution in [0.5, 0.6) is 0 Å². The molecule has 4 nitrogen and oxygen atoms in total. The molecule has 0 atom stereocenters. The summed E-state index contributed by atoms with van der Waals surface area (Å²) in [5, 5.41) is 10.4. The number of aliphatic hydroxyl groups is 1. The van der Waals surface area contributed by atoms with Gasteiger partial charge in [-0.3, -0.25) is 4.79 Å². The number of aromatic amines is 1. The fraction of sp³-hybridized carbons (Fsp3) is 0.500. The van der Waals surface area contributed by atoms with E-state index in [2.05, 4.69) is 11.1 Å². The molecule has 1 aromatic heterocycles. The van der Waals surface area contributed by atoms with Crippen molar-refractivity contribution < 1.29 is 9.90 Å². The van der Waals surface area contributed by atoms with Gasteiger partial charge in [-0.1, -0.05) is 19.1 Å². The zero-order valence-electron chi connectivity index (χ0n) is 13.2. The van der Waals surface area contributed by atoms with Gasteiger partial charge in [0, 0.05) is 24.2 Å². The third kappa shape index (κ3) is 2.63. The van der Waals surface area contributed by atoms with E-state index in [1.54, 1.807) is 4.90 Å². The van der Waals surface area contributed by atoms with Crippen LogP contribution in [0.15, 0.2) is 18.2 Å². The van der Waals surface area contributed by atoms with Crippen LogP contribution in [0.1, 0.15) is 47.8 Å². The maximum atomic E-state index is 12.8. The van der Waals surface area contributed by atoms with Crippen LogP contribution in [0.25, 0.3) is 10.9 Å². The van der Waals surface area contributed by atoms with Gasteiger partial charge in [0.05, 0.1) is 17.7 Å². The first-order chi connectivity index (χ1) is 10.8. The molecule has 0 radical (unpaired) electrons. The molecular weight excluding hydrogens is 276 g/mol. The van der Waals surface area contributed by atoms with E-state index in [0.717, 1.165) is 30.3 Å². The number of aromatic nitrogens is 1. The molecule has 0 unspecified atom stereocenters. The lowest BCUT2D eigenvalue weighted by Crippen LogP contribution is -2.34. The van der Waals surface area contributed by atoms with Crippen LogP contribution in [0.4, 0.5) is 0 Å². The molecule has 0 fully saturated rings. The molecule has 2 N–H and O–H groups in total. The highest BCUT2D eigenvalue weighted by Gasteiger charge is 2.21. The summed E-state index contributed by atoms with van der Waals surface area (Å²) in [6.07, 6.45) is 5.51. The summed E-state index contributed by atoms with van der Waals surface area (Å²) in [7, 11) is 0. The van der Waals surface area contributed by atoms with Gasteiger partial charge in [-0.2, -0.15) is 0 Å². The first kappa shape index (κ1) is 15.1. The molecule has 1 aliphatic rings. The van der Waals surface area contributed by atoms with Gasteiger partial charge < -0.3 is 15.0 Å². The largest absolute Gasteiger partial charge is 0.395 e. The van der Waals surface area contributed by atoms with Gasteiger partial charge in [-0.25, -0.2) is 0 Å². The van der Waals surface area contributed by atoms with Crippen LogP contribution in [0.2, 0.25) is 0 Å². The van der Waals surface area contributed by atoms with E-state index in [1.807, 2.05) is 19.1 Å². The van der Waals surface area contributed by atoms with Crippen LogP contribution in [-0.2, 0) is 12.8 Å². The first-order valence-electron chi connectivity index (χ1n) is 8.28. The number of para-hydroxylation sites is 1. The fourth-order valence-corrected chi connectivity index (χ4v) is 3.48. The minimum Gasteiger partial charge on any atom is -0.395 e. The number of amides is 1. The Morgan fingerprint density at radius 3 is 2.86 bits per heavy atom. The van der Waals surface area contributed by atoms with E-state index in [9.17, 15) is 9.90 Å². The van der Waals surface area contributed by atoms with E-state index in [4.69, 9.17) is 0 Å². The average Bonchev–Trinajstić information content (AvgIpc) is 2.92. The minimum atomic E-state index is 0.00292. The second-order valence-corrected chi connectivity index (χ2v) is 6.03. The zero-order valence-corrected chi connectivity index (χ0v) is 13.2. The lowest BCUT2D eigenvalue weighted by molar-refractivity contribution is 0.0724. The van der Waals surface area contributed by atoms with Crippen LogP contribution >= 0.6 is 0 Å². The van der Waals surface area contributed by atoms with Crippen LogP contribution in [0, 0.1) is 0 Å². The molecule has 2 aromatic rings. The smallest absolute Gasteiger partial charge is 0.256 e. The van der Waals surface area contributed by atoms with Crippen LogP contribution < -0.4 is 0 Å². The first-order valence-corrected chi connectivity index (χ1v) is 8.28. The van der Waals surface area contributed by atoms with Crippen LogP contribution in [-0.4, -0.2) is 40.6 Å². The molecule has 1 heterocycles. The van der Waals surface area contributed by atoms with Gasteiger partial charge >= 0.3 is 0 Å². The molecule has 0 saturated heterocycles. The normalized spacial score (nSPS) is 14.1. The molecule has 1 aromatic carbocycles. The summed E-state index contributed by atoms with van der Waals surface area (Å²) >= 11 is 0. The van der Waals surface area contributed by atoms with Gasteiger partial charge in [-0.05, 0) is 43.7 Å². The molecular formula is C18H24N2O2. The summed E-state index contributed by atoms with van der Waals surface area (Å²) in [5.74, 6) is 0.0140. The standard InChI is InChI=1S/C18H24N2O2/c1-2-10-20(11-12-21)18(22)15-8-5-7-14-13-6-3-4-9-16(13)19-17(14)15/h5,7-8,19,21H,2-4,6,9-12H2,1H3. The van der Waals surface area contributed by atoms with Crippen LogP contribution in [0.3, 0.4) is 0 Å². The Labute approximate surface area is 131 Å². The molecule has 118 valence electrons. The highest BCUT2D eigenvalue weighted by molar-refractivity contribution is 6.06. The summed E-state index contributed by atoms with van der Waals surface area (Å²) in [6.45, 7) is 3.12. The summed E-state index contributed by atoms with van der Waals surface area (Å²) in [5.41, 5.74) is 4.39. The number of benzene rings is 1. The van der Waals surface area contributed by atoms with Gasteiger partial charge in [0.15, 0.2) is 0 Å². The lowest BCUT2D eigenvalue weighted by Gasteiger charge is -2.21. The number of fused-ring (bicyclic) bond motifs is 3. The molecule has 0 aliphatic heterocycles. The van der Waals surface area contributed by atoms with E-state index in [-0.39, 0.29) is 12.5 Å². The predicted molar refractivity (Wildman–Crippen MR) is 88.2 cm³/mol. The zero-order chi connectivity index (χ0) is 15.5. The SMILES string of the molecule is CCCN(CCO)C(=O)c1cccc2c3c([nH]c12)CCCC3. The number of hydrogen-bond donors (Lipinski definition) is 2. The number of aliphatic hydroxyl groups excluding tert-OH is 1. The number of rotatable bonds is 5. The van der Waals surface area contributed by atoms with Crippen molar-refractivity contribution in [1.29, 1.82) is 0 Å². The van der Waals surface area contributed by atoms with Crippen molar-refractivity contribution in [3.05, 3.63) is 35.0 Å². The highest BCUT2D eigenvalue weighted by Crippen LogP contribution is 2.31. The molecule has 1 amide bonds. The molecule has 0 saturated carbocycles. The summed E-state index contributed by atoms with van der Waals surface area (Å²) in [4.78, 5) is 18.1. The number of H-pyrrole nitrogens is 1. The molecule has 1 aliphatic carbocycles. The Balaban J connectivity index is 2.03. The molecule has 3 rings (SSSR count). The number of nitrogens with one attached hydrogen (secondary N) is 1. The third-order valence-electron chi connectivity index (χ3n) is 4.51. The van der Waals surface area contributed by atoms with Gasteiger partial charge in [0.25, 0.3) is 5.91 Å². The summed E-state index contributed by atoms with van der Waals surface area (Å²) < 4.78 is 0. The predicted octanol–water partition coefficient (Wildman–Crippen LogP) is 2.89. The quantitative estimate of drug-likeness (QED) is 0.892. The Bertz CT molecular complexity index is 669. The van der Waals surface area contributed by atoms with Gasteiger partial charge in [-0.15, -0.1) is 0 Å². The monoisotopic (exact) mass is 300 g/mol. The second-order valence-electron chi connectivity index (χ2n) is 6.03. The third-order valence-corrected chi connectivity index (χ3v) is 4.51. The fourth-order valence-electron chi connectivity index (χ4n) is 3.48. The van der Waals surface area contributed by atoms with Crippen molar-refractivity contribution in [3.8, 4) is 0 Å². The van der Waals surface area contributed by atoms with Crippen molar-refractivity contribution in [3.63, 3.8) is 0 Å². The Morgan fingerprint density at radius 1 is 1.27 bits per heavy atom. The number of nitrogens with zero attached hydrogens (tertiary/aromatic N) is 1. The molecule has 0 spiro atoms. The average molecular weight is 300 g/mol. The van der Waals surface area contributed by atoms with Crippen molar-refractivity contribution in [2.75, 3.05) is 19.7 Å². The maximum Gasteiger partial charge on any atom is 0.256 e. The van der Waals surface area contributed by atoms with E-state index in [1.165, 1.54) is 29.5 Å². The Kier molecular flexibility index (Phi) is 4.48. The number of carbonyl (C=O) groups is 1. The molecule has 0 bridgehead atoms. The van der Waals surface area contributed by atoms with E-state index in [0.29, 0.717) is 13.1 Å². The van der Waals surface area contributed by atoms with Gasteiger partial charge in [0.2, 0.25) is 0 Å². The van der Waals surface area contributed by atoms with Crippen molar-refractivity contribution >= 4 is 16.8 Å². The number of aryl methyl sites for hydroxylation is 2. The van der Waals surface area contributed by atoms with Crippen molar-refractivity contribution in [2.24, 2.45) is 0 Å². The molecule has 4 heteroatoms. The summed E-state index contributed by atoms with van der Waals surface area (Å²) in [6, 6.07) is 5.98. The van der Waals surface area contributed by atoms with Crippen molar-refractivity contribution in [1.82, 2.24) is 9.88 Å². The van der Waals surface area contributed by atoms with E-state index < -0.39 is 0 Å².